The summed E-state index contributed by atoms with van der Waals surface area (Å²) in [4.78, 5) is 28.1. The molecule has 13 heteroatoms. The average Bonchev–Trinajstić information content (AvgIpc) is 2.99. The second-order valence-corrected chi connectivity index (χ2v) is 11.9. The molecule has 0 saturated heterocycles. The molecule has 3 aromatic carbocycles. The molecule has 3 rings (SSSR count). The number of methoxy groups -OCH3 is 2. The summed E-state index contributed by atoms with van der Waals surface area (Å²) in [7, 11) is -1.53. The van der Waals surface area contributed by atoms with Crippen LogP contribution in [0.5, 0.6) is 17.2 Å². The molecule has 0 spiro atoms. The predicted molar refractivity (Wildman–Crippen MR) is 167 cm³/mol. The number of carbonyl (C=O) groups excluding carboxylic acids is 2. The van der Waals surface area contributed by atoms with Crippen LogP contribution < -0.4 is 23.8 Å². The van der Waals surface area contributed by atoms with E-state index in [4.69, 9.17) is 37.4 Å². The van der Waals surface area contributed by atoms with Crippen LogP contribution in [0.2, 0.25) is 10.0 Å². The summed E-state index contributed by atoms with van der Waals surface area (Å²) in [6.07, 6.45) is 0. The summed E-state index contributed by atoms with van der Waals surface area (Å²) in [5.74, 6) is -0.0203. The molecule has 232 valence electrons. The van der Waals surface area contributed by atoms with Gasteiger partial charge >= 0.3 is 0 Å². The molecule has 0 unspecified atom stereocenters. The van der Waals surface area contributed by atoms with Gasteiger partial charge in [-0.1, -0.05) is 29.3 Å². The first kappa shape index (κ1) is 33.8. The number of hydrogen-bond acceptors (Lipinski definition) is 7. The Balaban J connectivity index is 2.11. The van der Waals surface area contributed by atoms with Gasteiger partial charge in [-0.15, -0.1) is 0 Å². The van der Waals surface area contributed by atoms with E-state index in [9.17, 15) is 18.0 Å². The fourth-order valence-electron chi connectivity index (χ4n) is 4.27. The summed E-state index contributed by atoms with van der Waals surface area (Å²) in [6.45, 7) is 5.12. The van der Waals surface area contributed by atoms with E-state index in [1.807, 2.05) is 6.92 Å². The smallest absolute Gasteiger partial charge is 0.264 e. The number of halogens is 2. The van der Waals surface area contributed by atoms with Crippen molar-refractivity contribution in [2.75, 3.05) is 38.2 Å². The SMILES string of the molecule is CCNC(=O)[C@H](C)N(Cc1c(Cl)cccc1Cl)C(=O)CN(c1ccc(OCC)cc1)S(=O)(=O)c1ccc(OC)c(OC)c1. The van der Waals surface area contributed by atoms with Gasteiger partial charge in [0, 0.05) is 34.8 Å². The summed E-state index contributed by atoms with van der Waals surface area (Å²) in [5, 5.41) is 3.31. The lowest BCUT2D eigenvalue weighted by Crippen LogP contribution is -2.51. The Kier molecular flexibility index (Phi) is 11.9. The second kappa shape index (κ2) is 15.2. The maximum absolute atomic E-state index is 14.1. The first-order valence-corrected chi connectivity index (χ1v) is 15.7. The van der Waals surface area contributed by atoms with Crippen molar-refractivity contribution in [1.82, 2.24) is 10.2 Å². The van der Waals surface area contributed by atoms with Crippen molar-refractivity contribution in [3.8, 4) is 17.2 Å². The van der Waals surface area contributed by atoms with Gasteiger partial charge in [0.15, 0.2) is 11.5 Å². The number of amides is 2. The van der Waals surface area contributed by atoms with Crippen molar-refractivity contribution in [3.63, 3.8) is 0 Å². The van der Waals surface area contributed by atoms with Crippen LogP contribution >= 0.6 is 23.2 Å². The maximum atomic E-state index is 14.1. The lowest BCUT2D eigenvalue weighted by molar-refractivity contribution is -0.139. The van der Waals surface area contributed by atoms with Gasteiger partial charge in [0.1, 0.15) is 18.3 Å². The van der Waals surface area contributed by atoms with Crippen molar-refractivity contribution < 1.29 is 32.2 Å². The van der Waals surface area contributed by atoms with E-state index in [1.165, 1.54) is 37.3 Å². The minimum atomic E-state index is -4.35. The Labute approximate surface area is 262 Å². The Bertz CT molecular complexity index is 1510. The third-order valence-electron chi connectivity index (χ3n) is 6.57. The number of ether oxygens (including phenoxy) is 3. The van der Waals surface area contributed by atoms with Gasteiger partial charge in [-0.25, -0.2) is 8.42 Å². The number of anilines is 1. The quantitative estimate of drug-likeness (QED) is 0.256. The van der Waals surface area contributed by atoms with E-state index in [1.54, 1.807) is 56.3 Å². The Morgan fingerprint density at radius 1 is 0.930 bits per heavy atom. The van der Waals surface area contributed by atoms with Crippen LogP contribution in [-0.2, 0) is 26.2 Å². The largest absolute Gasteiger partial charge is 0.494 e. The highest BCUT2D eigenvalue weighted by Crippen LogP contribution is 2.33. The third-order valence-corrected chi connectivity index (χ3v) is 9.04. The fraction of sp³-hybridized carbons (Fsp3) is 0.333. The van der Waals surface area contributed by atoms with Gasteiger partial charge in [0.2, 0.25) is 11.8 Å². The van der Waals surface area contributed by atoms with E-state index >= 15 is 0 Å². The van der Waals surface area contributed by atoms with E-state index in [0.717, 1.165) is 4.31 Å². The highest BCUT2D eigenvalue weighted by molar-refractivity contribution is 7.92. The monoisotopic (exact) mass is 651 g/mol. The number of likely N-dealkylation sites (N-methyl/N-ethyl adjacent to an activating group) is 1. The number of nitrogens with zero attached hydrogens (tertiary/aromatic N) is 2. The van der Waals surface area contributed by atoms with Crippen LogP contribution in [-0.4, -0.2) is 65.1 Å². The number of benzene rings is 3. The molecular formula is C30H35Cl2N3O7S. The van der Waals surface area contributed by atoms with Gasteiger partial charge in [0.25, 0.3) is 10.0 Å². The first-order chi connectivity index (χ1) is 20.5. The molecular weight excluding hydrogens is 617 g/mol. The van der Waals surface area contributed by atoms with Crippen LogP contribution in [0.1, 0.15) is 26.3 Å². The third kappa shape index (κ3) is 8.04. The predicted octanol–water partition coefficient (Wildman–Crippen LogP) is 5.16. The van der Waals surface area contributed by atoms with Crippen LogP contribution in [0.3, 0.4) is 0 Å². The molecule has 1 atom stereocenters. The number of rotatable bonds is 14. The van der Waals surface area contributed by atoms with Crippen LogP contribution in [0.4, 0.5) is 5.69 Å². The summed E-state index contributed by atoms with van der Waals surface area (Å²) < 4.78 is 45.4. The van der Waals surface area contributed by atoms with Gasteiger partial charge < -0.3 is 24.4 Å². The van der Waals surface area contributed by atoms with E-state index in [0.29, 0.717) is 40.3 Å². The fourth-order valence-corrected chi connectivity index (χ4v) is 6.21. The van der Waals surface area contributed by atoms with Crippen LogP contribution in [0.15, 0.2) is 65.6 Å². The molecule has 2 amide bonds. The topological polar surface area (TPSA) is 114 Å². The summed E-state index contributed by atoms with van der Waals surface area (Å²) >= 11 is 12.8. The molecule has 10 nitrogen and oxygen atoms in total. The van der Waals surface area contributed by atoms with E-state index in [-0.39, 0.29) is 22.9 Å². The minimum Gasteiger partial charge on any atom is -0.494 e. The zero-order valence-corrected chi connectivity index (χ0v) is 26.9. The van der Waals surface area contributed by atoms with Gasteiger partial charge in [-0.2, -0.15) is 0 Å². The zero-order chi connectivity index (χ0) is 31.7. The average molecular weight is 653 g/mol. The number of nitrogens with one attached hydrogen (secondary N) is 1. The van der Waals surface area contributed by atoms with Crippen molar-refractivity contribution in [2.45, 2.75) is 38.3 Å². The van der Waals surface area contributed by atoms with Crippen molar-refractivity contribution >= 4 is 50.7 Å². The molecule has 0 aliphatic rings. The van der Waals surface area contributed by atoms with Crippen LogP contribution in [0.25, 0.3) is 0 Å². The Hall–Kier alpha value is -3.67. The van der Waals surface area contributed by atoms with Crippen LogP contribution in [0, 0.1) is 0 Å². The minimum absolute atomic E-state index is 0.135. The first-order valence-electron chi connectivity index (χ1n) is 13.5. The molecule has 0 aliphatic carbocycles. The summed E-state index contributed by atoms with van der Waals surface area (Å²) in [6, 6.07) is 14.4. The van der Waals surface area contributed by atoms with Crippen molar-refractivity contribution in [1.29, 1.82) is 0 Å². The standard InChI is InChI=1S/C30H35Cl2N3O7S/c1-6-33-30(37)20(3)34(18-24-25(31)9-8-10-26(24)32)29(36)19-35(21-11-13-22(14-12-21)42-7-2)43(38,39)23-15-16-27(40-4)28(17-23)41-5/h8-17,20H,6-7,18-19H2,1-5H3,(H,33,37)/t20-/m0/s1. The highest BCUT2D eigenvalue weighted by Gasteiger charge is 2.33. The molecule has 0 aliphatic heterocycles. The Morgan fingerprint density at radius 3 is 2.12 bits per heavy atom. The molecule has 0 aromatic heterocycles. The molecule has 0 heterocycles. The molecule has 43 heavy (non-hydrogen) atoms. The number of hydrogen-bond donors (Lipinski definition) is 1. The lowest BCUT2D eigenvalue weighted by Gasteiger charge is -2.32. The molecule has 3 aromatic rings. The zero-order valence-electron chi connectivity index (χ0n) is 24.6. The van der Waals surface area contributed by atoms with Crippen molar-refractivity contribution in [3.05, 3.63) is 76.3 Å². The molecule has 0 saturated carbocycles. The van der Waals surface area contributed by atoms with Gasteiger partial charge in [-0.05, 0) is 69.3 Å². The molecule has 1 N–H and O–H groups in total. The molecule has 0 fully saturated rings. The number of carbonyl (C=O) groups is 2. The van der Waals surface area contributed by atoms with Gasteiger partial charge in [0.05, 0.1) is 31.4 Å². The summed E-state index contributed by atoms with van der Waals surface area (Å²) in [5.41, 5.74) is 0.624. The van der Waals surface area contributed by atoms with Gasteiger partial charge in [-0.3, -0.25) is 13.9 Å². The van der Waals surface area contributed by atoms with E-state index in [2.05, 4.69) is 5.32 Å². The Morgan fingerprint density at radius 2 is 1.56 bits per heavy atom. The normalized spacial score (nSPS) is 11.8. The molecule has 0 bridgehead atoms. The maximum Gasteiger partial charge on any atom is 0.264 e. The number of sulfonamides is 1. The van der Waals surface area contributed by atoms with Crippen molar-refractivity contribution in [2.24, 2.45) is 0 Å². The second-order valence-electron chi connectivity index (χ2n) is 9.25. The van der Waals surface area contributed by atoms with E-state index < -0.39 is 34.4 Å². The molecule has 0 radical (unpaired) electrons. The lowest BCUT2D eigenvalue weighted by atomic mass is 10.1. The highest BCUT2D eigenvalue weighted by atomic mass is 35.5.